The normalized spacial score (nSPS) is 9.93. The molecular weight excluding hydrogens is 185 g/mol. The fourth-order valence-electron chi connectivity index (χ4n) is 1.57. The van der Waals surface area contributed by atoms with Gasteiger partial charge in [0.25, 0.3) is 0 Å². The standard InChI is InChI=1S/C12H12BNO/c14-12-9-5-4-8-11(12)13(15)10-6-2-1-3-7-10/h1-9,15H,14H2. The Kier molecular flexibility index (Phi) is 2.74. The summed E-state index contributed by atoms with van der Waals surface area (Å²) in [6.45, 7) is -0.646. The highest BCUT2D eigenvalue weighted by Gasteiger charge is 2.18. The van der Waals surface area contributed by atoms with E-state index in [1.165, 1.54) is 0 Å². The van der Waals surface area contributed by atoms with E-state index in [0.29, 0.717) is 5.69 Å². The number of benzene rings is 2. The second-order valence-corrected chi connectivity index (χ2v) is 3.44. The minimum atomic E-state index is -0.646. The quantitative estimate of drug-likeness (QED) is 0.539. The van der Waals surface area contributed by atoms with Gasteiger partial charge >= 0.3 is 6.92 Å². The lowest BCUT2D eigenvalue weighted by molar-refractivity contribution is 0.600. The Labute approximate surface area is 89.5 Å². The summed E-state index contributed by atoms with van der Waals surface area (Å²) in [7, 11) is 0. The van der Waals surface area contributed by atoms with Crippen molar-refractivity contribution >= 4 is 23.5 Å². The number of hydrogen-bond acceptors (Lipinski definition) is 2. The first kappa shape index (κ1) is 9.81. The van der Waals surface area contributed by atoms with E-state index in [1.54, 1.807) is 6.07 Å². The zero-order valence-electron chi connectivity index (χ0n) is 8.30. The summed E-state index contributed by atoms with van der Waals surface area (Å²) in [5.41, 5.74) is 8.03. The number of nitrogens with two attached hydrogens (primary N) is 1. The maximum absolute atomic E-state index is 10.1. The van der Waals surface area contributed by atoms with E-state index < -0.39 is 6.92 Å². The van der Waals surface area contributed by atoms with E-state index >= 15 is 0 Å². The zero-order chi connectivity index (χ0) is 10.7. The van der Waals surface area contributed by atoms with Gasteiger partial charge in [0.15, 0.2) is 0 Å². The average Bonchev–Trinajstić information content (AvgIpc) is 2.30. The summed E-state index contributed by atoms with van der Waals surface area (Å²) in [6, 6.07) is 16.9. The Morgan fingerprint density at radius 2 is 1.47 bits per heavy atom. The molecule has 0 saturated heterocycles. The molecule has 2 aromatic rings. The third-order valence-electron chi connectivity index (χ3n) is 2.41. The molecule has 2 nitrogen and oxygen atoms in total. The molecule has 0 unspecified atom stereocenters. The van der Waals surface area contributed by atoms with Crippen molar-refractivity contribution in [2.24, 2.45) is 0 Å². The summed E-state index contributed by atoms with van der Waals surface area (Å²) >= 11 is 0. The molecule has 0 fully saturated rings. The van der Waals surface area contributed by atoms with Crippen LogP contribution in [0, 0.1) is 0 Å². The molecule has 0 aliphatic carbocycles. The number of para-hydroxylation sites is 1. The van der Waals surface area contributed by atoms with E-state index in [9.17, 15) is 5.02 Å². The molecule has 2 rings (SSSR count). The summed E-state index contributed by atoms with van der Waals surface area (Å²) in [5.74, 6) is 0. The number of anilines is 1. The van der Waals surface area contributed by atoms with Crippen LogP contribution in [0.2, 0.25) is 0 Å². The van der Waals surface area contributed by atoms with Crippen molar-refractivity contribution < 1.29 is 5.02 Å². The van der Waals surface area contributed by atoms with Crippen molar-refractivity contribution in [2.45, 2.75) is 0 Å². The van der Waals surface area contributed by atoms with E-state index in [0.717, 1.165) is 10.9 Å². The fourth-order valence-corrected chi connectivity index (χ4v) is 1.57. The lowest BCUT2D eigenvalue weighted by Gasteiger charge is -2.09. The van der Waals surface area contributed by atoms with Gasteiger partial charge in [-0.1, -0.05) is 48.5 Å². The monoisotopic (exact) mass is 197 g/mol. The Bertz CT molecular complexity index is 444. The van der Waals surface area contributed by atoms with Crippen LogP contribution in [0.3, 0.4) is 0 Å². The first-order valence-electron chi connectivity index (χ1n) is 4.86. The summed E-state index contributed by atoms with van der Waals surface area (Å²) in [5, 5.41) is 10.1. The first-order chi connectivity index (χ1) is 7.29. The highest BCUT2D eigenvalue weighted by molar-refractivity contribution is 6.80. The highest BCUT2D eigenvalue weighted by Crippen LogP contribution is 1.98. The molecule has 0 heterocycles. The van der Waals surface area contributed by atoms with Crippen LogP contribution in [0.1, 0.15) is 0 Å². The van der Waals surface area contributed by atoms with E-state index in [1.807, 2.05) is 48.5 Å². The Balaban J connectivity index is 2.37. The van der Waals surface area contributed by atoms with Gasteiger partial charge in [-0.25, -0.2) is 0 Å². The van der Waals surface area contributed by atoms with Crippen LogP contribution in [0.5, 0.6) is 0 Å². The molecule has 0 aliphatic heterocycles. The number of hydrogen-bond donors (Lipinski definition) is 2. The Morgan fingerprint density at radius 3 is 2.13 bits per heavy atom. The van der Waals surface area contributed by atoms with E-state index in [-0.39, 0.29) is 0 Å². The second-order valence-electron chi connectivity index (χ2n) is 3.44. The van der Waals surface area contributed by atoms with Gasteiger partial charge in [-0.2, -0.15) is 0 Å². The smallest absolute Gasteiger partial charge is 0.361 e. The summed E-state index contributed by atoms with van der Waals surface area (Å²) < 4.78 is 0. The van der Waals surface area contributed by atoms with Crippen molar-refractivity contribution in [2.75, 3.05) is 5.73 Å². The van der Waals surface area contributed by atoms with Crippen LogP contribution < -0.4 is 16.7 Å². The van der Waals surface area contributed by atoms with Crippen molar-refractivity contribution in [3.05, 3.63) is 54.6 Å². The lowest BCUT2D eigenvalue weighted by Crippen LogP contribution is -2.43. The van der Waals surface area contributed by atoms with Crippen LogP contribution in [0.4, 0.5) is 5.69 Å². The van der Waals surface area contributed by atoms with E-state index in [4.69, 9.17) is 5.73 Å². The minimum Gasteiger partial charge on any atom is -0.443 e. The molecule has 0 radical (unpaired) electrons. The molecule has 0 spiro atoms. The molecule has 2 aromatic carbocycles. The molecule has 0 amide bonds. The van der Waals surface area contributed by atoms with Gasteiger partial charge < -0.3 is 10.8 Å². The summed E-state index contributed by atoms with van der Waals surface area (Å²) in [6.07, 6.45) is 0. The fraction of sp³-hybridized carbons (Fsp3) is 0. The van der Waals surface area contributed by atoms with Gasteiger partial charge in [-0.15, -0.1) is 0 Å². The van der Waals surface area contributed by atoms with Crippen LogP contribution >= 0.6 is 0 Å². The number of nitrogen functional groups attached to an aromatic ring is 1. The predicted molar refractivity (Wildman–Crippen MR) is 64.5 cm³/mol. The second kappa shape index (κ2) is 4.19. The lowest BCUT2D eigenvalue weighted by atomic mass is 9.55. The van der Waals surface area contributed by atoms with Crippen LogP contribution in [0.25, 0.3) is 0 Å². The third-order valence-corrected chi connectivity index (χ3v) is 2.41. The topological polar surface area (TPSA) is 46.2 Å². The van der Waals surface area contributed by atoms with Crippen molar-refractivity contribution in [1.29, 1.82) is 0 Å². The molecule has 3 heteroatoms. The minimum absolute atomic E-state index is 0.619. The van der Waals surface area contributed by atoms with Gasteiger partial charge in [0.05, 0.1) is 0 Å². The van der Waals surface area contributed by atoms with Crippen molar-refractivity contribution in [1.82, 2.24) is 0 Å². The largest absolute Gasteiger partial charge is 0.443 e. The first-order valence-corrected chi connectivity index (χ1v) is 4.86. The Morgan fingerprint density at radius 1 is 0.867 bits per heavy atom. The van der Waals surface area contributed by atoms with Gasteiger partial charge in [0, 0.05) is 5.69 Å². The van der Waals surface area contributed by atoms with Gasteiger partial charge in [0.2, 0.25) is 0 Å². The molecule has 0 atom stereocenters. The maximum atomic E-state index is 10.1. The Hall–Kier alpha value is -1.74. The maximum Gasteiger partial charge on any atom is 0.361 e. The number of rotatable bonds is 2. The molecule has 3 N–H and O–H groups in total. The van der Waals surface area contributed by atoms with Gasteiger partial charge in [0.1, 0.15) is 0 Å². The van der Waals surface area contributed by atoms with E-state index in [2.05, 4.69) is 0 Å². The SMILES string of the molecule is Nc1ccccc1B(O)c1ccccc1. The van der Waals surface area contributed by atoms with Crippen LogP contribution in [-0.4, -0.2) is 11.9 Å². The molecule has 0 aromatic heterocycles. The molecule has 0 bridgehead atoms. The van der Waals surface area contributed by atoms with Crippen LogP contribution in [-0.2, 0) is 0 Å². The van der Waals surface area contributed by atoms with Crippen LogP contribution in [0.15, 0.2) is 54.6 Å². The summed E-state index contributed by atoms with van der Waals surface area (Å²) in [4.78, 5) is 0. The molecule has 74 valence electrons. The molecule has 15 heavy (non-hydrogen) atoms. The highest BCUT2D eigenvalue weighted by atomic mass is 16.2. The van der Waals surface area contributed by atoms with Crippen molar-refractivity contribution in [3.63, 3.8) is 0 Å². The zero-order valence-corrected chi connectivity index (χ0v) is 8.30. The predicted octanol–water partition coefficient (Wildman–Crippen LogP) is 0.367. The molecule has 0 saturated carbocycles. The molecule has 0 aliphatic rings. The molecular formula is C12H12BNO. The third kappa shape index (κ3) is 2.02. The van der Waals surface area contributed by atoms with Crippen molar-refractivity contribution in [3.8, 4) is 0 Å². The van der Waals surface area contributed by atoms with Gasteiger partial charge in [-0.3, -0.25) is 0 Å². The average molecular weight is 197 g/mol. The van der Waals surface area contributed by atoms with Gasteiger partial charge in [-0.05, 0) is 17.0 Å².